The van der Waals surface area contributed by atoms with Crippen molar-refractivity contribution in [2.24, 2.45) is 0 Å². The largest absolute Gasteiger partial charge is 0.379 e. The van der Waals surface area contributed by atoms with Gasteiger partial charge in [0.05, 0.1) is 37.3 Å². The number of ether oxygens (including phenoxy) is 2. The molecule has 11 heteroatoms. The quantitative estimate of drug-likeness (QED) is 0.505. The summed E-state index contributed by atoms with van der Waals surface area (Å²) in [6.45, 7) is 2.26. The molecule has 1 aliphatic rings. The molecule has 1 aliphatic heterocycles. The Kier molecular flexibility index (Phi) is 4.84. The van der Waals surface area contributed by atoms with Gasteiger partial charge >= 0.3 is 0 Å². The van der Waals surface area contributed by atoms with Gasteiger partial charge in [-0.1, -0.05) is 11.3 Å². The van der Waals surface area contributed by atoms with Crippen LogP contribution in [0.15, 0.2) is 29.8 Å². The molecule has 1 atom stereocenters. The standard InChI is InChI=1S/C18H18N8O2S/c19-18-22-15(17-20-5-7-29-17)14-16(23-18)26(25-24-14)8-11-2-1-3-12(21-11)9-28-13-4-6-27-10-13/h1-3,5,7,13H,4,6,8-10H2,(H2,19,22,23)/t13-/m0/s1. The van der Waals surface area contributed by atoms with Crippen molar-refractivity contribution in [3.8, 4) is 10.7 Å². The first-order chi connectivity index (χ1) is 14.3. The second kappa shape index (κ2) is 7.78. The third kappa shape index (κ3) is 3.79. The van der Waals surface area contributed by atoms with Crippen LogP contribution in [0, 0.1) is 0 Å². The number of hydrogen-bond acceptors (Lipinski definition) is 10. The average Bonchev–Trinajstić information content (AvgIpc) is 3.49. The zero-order valence-electron chi connectivity index (χ0n) is 15.4. The molecule has 5 heterocycles. The first kappa shape index (κ1) is 18.0. The number of nitrogens with zero attached hydrogens (tertiary/aromatic N) is 7. The second-order valence-corrected chi connectivity index (χ2v) is 7.50. The van der Waals surface area contributed by atoms with Crippen molar-refractivity contribution in [2.75, 3.05) is 18.9 Å². The Morgan fingerprint density at radius 3 is 3.00 bits per heavy atom. The Morgan fingerprint density at radius 2 is 2.17 bits per heavy atom. The summed E-state index contributed by atoms with van der Waals surface area (Å²) < 4.78 is 12.9. The minimum Gasteiger partial charge on any atom is -0.379 e. The fourth-order valence-corrected chi connectivity index (χ4v) is 3.79. The Balaban J connectivity index is 1.40. The molecule has 2 N–H and O–H groups in total. The molecular formula is C18H18N8O2S. The van der Waals surface area contributed by atoms with Crippen LogP contribution in [0.5, 0.6) is 0 Å². The van der Waals surface area contributed by atoms with Gasteiger partial charge in [-0.2, -0.15) is 4.98 Å². The molecule has 0 unspecified atom stereocenters. The highest BCUT2D eigenvalue weighted by molar-refractivity contribution is 7.13. The number of thiazole rings is 1. The fraction of sp³-hybridized carbons (Fsp3) is 0.333. The Labute approximate surface area is 169 Å². The Hall–Kier alpha value is -3.02. The lowest BCUT2D eigenvalue weighted by Gasteiger charge is -2.10. The van der Waals surface area contributed by atoms with Crippen molar-refractivity contribution >= 4 is 28.4 Å². The minimum atomic E-state index is 0.142. The molecule has 148 valence electrons. The van der Waals surface area contributed by atoms with Crippen molar-refractivity contribution in [2.45, 2.75) is 25.7 Å². The van der Waals surface area contributed by atoms with E-state index in [1.54, 1.807) is 10.9 Å². The molecule has 4 aromatic rings. The fourth-order valence-electron chi connectivity index (χ4n) is 3.17. The molecule has 0 saturated carbocycles. The number of rotatable bonds is 6. The molecule has 1 saturated heterocycles. The first-order valence-corrected chi connectivity index (χ1v) is 10.0. The van der Waals surface area contributed by atoms with E-state index in [0.717, 1.165) is 29.4 Å². The lowest BCUT2D eigenvalue weighted by atomic mass is 10.3. The van der Waals surface area contributed by atoms with Crippen LogP contribution in [-0.2, 0) is 22.6 Å². The summed E-state index contributed by atoms with van der Waals surface area (Å²) >= 11 is 1.46. The highest BCUT2D eigenvalue weighted by Crippen LogP contribution is 2.26. The van der Waals surface area contributed by atoms with Crippen molar-refractivity contribution < 1.29 is 9.47 Å². The van der Waals surface area contributed by atoms with Crippen LogP contribution in [0.25, 0.3) is 21.9 Å². The van der Waals surface area contributed by atoms with E-state index in [1.165, 1.54) is 11.3 Å². The van der Waals surface area contributed by atoms with Gasteiger partial charge in [0.1, 0.15) is 10.7 Å². The van der Waals surface area contributed by atoms with E-state index in [1.807, 2.05) is 23.6 Å². The van der Waals surface area contributed by atoms with Crippen LogP contribution in [-0.4, -0.2) is 54.2 Å². The van der Waals surface area contributed by atoms with E-state index in [4.69, 9.17) is 15.2 Å². The first-order valence-electron chi connectivity index (χ1n) is 9.17. The number of nitrogen functional groups attached to an aromatic ring is 1. The van der Waals surface area contributed by atoms with Crippen LogP contribution >= 0.6 is 11.3 Å². The molecule has 4 aromatic heterocycles. The van der Waals surface area contributed by atoms with Crippen molar-refractivity contribution in [3.63, 3.8) is 0 Å². The third-order valence-electron chi connectivity index (χ3n) is 4.55. The van der Waals surface area contributed by atoms with Gasteiger partial charge in [0.2, 0.25) is 5.95 Å². The van der Waals surface area contributed by atoms with Crippen LogP contribution < -0.4 is 5.73 Å². The number of fused-ring (bicyclic) bond motifs is 1. The smallest absolute Gasteiger partial charge is 0.222 e. The van der Waals surface area contributed by atoms with E-state index in [0.29, 0.717) is 36.6 Å². The highest BCUT2D eigenvalue weighted by atomic mass is 32.1. The summed E-state index contributed by atoms with van der Waals surface area (Å²) in [6, 6.07) is 5.83. The molecule has 1 fully saturated rings. The molecular weight excluding hydrogens is 392 g/mol. The lowest BCUT2D eigenvalue weighted by Crippen LogP contribution is -2.13. The summed E-state index contributed by atoms with van der Waals surface area (Å²) in [5.41, 5.74) is 9.30. The number of nitrogens with two attached hydrogens (primary N) is 1. The van der Waals surface area contributed by atoms with Crippen molar-refractivity contribution in [1.82, 2.24) is 34.9 Å². The Morgan fingerprint density at radius 1 is 1.24 bits per heavy atom. The summed E-state index contributed by atoms with van der Waals surface area (Å²) in [5.74, 6) is 0.153. The van der Waals surface area contributed by atoms with Gasteiger partial charge in [-0.15, -0.1) is 16.4 Å². The van der Waals surface area contributed by atoms with Gasteiger partial charge in [-0.3, -0.25) is 4.98 Å². The predicted octanol–water partition coefficient (Wildman–Crippen LogP) is 1.68. The number of pyridine rings is 1. The van der Waals surface area contributed by atoms with Crippen molar-refractivity contribution in [1.29, 1.82) is 0 Å². The van der Waals surface area contributed by atoms with Crippen LogP contribution in [0.4, 0.5) is 5.95 Å². The number of hydrogen-bond donors (Lipinski definition) is 1. The molecule has 0 amide bonds. The van der Waals surface area contributed by atoms with E-state index >= 15 is 0 Å². The number of aromatic nitrogens is 7. The molecule has 0 radical (unpaired) electrons. The molecule has 0 spiro atoms. The van der Waals surface area contributed by atoms with E-state index < -0.39 is 0 Å². The molecule has 29 heavy (non-hydrogen) atoms. The van der Waals surface area contributed by atoms with Gasteiger partial charge in [0.15, 0.2) is 11.2 Å². The SMILES string of the molecule is Nc1nc(-c2nccs2)c2nnn(Cc3cccc(CO[C@H]4CCOC4)n3)c2n1. The maximum absolute atomic E-state index is 5.92. The highest BCUT2D eigenvalue weighted by Gasteiger charge is 2.18. The third-order valence-corrected chi connectivity index (χ3v) is 5.33. The second-order valence-electron chi connectivity index (χ2n) is 6.60. The lowest BCUT2D eigenvalue weighted by molar-refractivity contribution is 0.0301. The van der Waals surface area contributed by atoms with E-state index in [9.17, 15) is 0 Å². The normalized spacial score (nSPS) is 16.6. The van der Waals surface area contributed by atoms with Crippen molar-refractivity contribution in [3.05, 3.63) is 41.2 Å². The number of anilines is 1. The van der Waals surface area contributed by atoms with Gasteiger partial charge in [-0.25, -0.2) is 14.6 Å². The Bertz CT molecular complexity index is 1120. The zero-order valence-corrected chi connectivity index (χ0v) is 16.2. The molecule has 0 aromatic carbocycles. The summed E-state index contributed by atoms with van der Waals surface area (Å²) in [7, 11) is 0. The molecule has 0 aliphatic carbocycles. The van der Waals surface area contributed by atoms with E-state index in [-0.39, 0.29) is 12.1 Å². The summed E-state index contributed by atoms with van der Waals surface area (Å²) in [5, 5.41) is 11.1. The monoisotopic (exact) mass is 410 g/mol. The van der Waals surface area contributed by atoms with Gasteiger partial charge in [-0.05, 0) is 18.6 Å². The van der Waals surface area contributed by atoms with Gasteiger partial charge < -0.3 is 15.2 Å². The molecule has 0 bridgehead atoms. The summed E-state index contributed by atoms with van der Waals surface area (Å²) in [4.78, 5) is 17.6. The summed E-state index contributed by atoms with van der Waals surface area (Å²) in [6.07, 6.45) is 2.78. The van der Waals surface area contributed by atoms with Gasteiger partial charge in [0, 0.05) is 18.2 Å². The van der Waals surface area contributed by atoms with Gasteiger partial charge in [0.25, 0.3) is 0 Å². The van der Waals surface area contributed by atoms with Crippen LogP contribution in [0.3, 0.4) is 0 Å². The average molecular weight is 410 g/mol. The van der Waals surface area contributed by atoms with E-state index in [2.05, 4.69) is 30.2 Å². The van der Waals surface area contributed by atoms with Crippen LogP contribution in [0.2, 0.25) is 0 Å². The zero-order chi connectivity index (χ0) is 19.6. The maximum atomic E-state index is 5.92. The van der Waals surface area contributed by atoms with Crippen LogP contribution in [0.1, 0.15) is 17.8 Å². The molecule has 5 rings (SSSR count). The minimum absolute atomic E-state index is 0.142. The maximum Gasteiger partial charge on any atom is 0.222 e. The topological polar surface area (TPSA) is 127 Å². The molecule has 10 nitrogen and oxygen atoms in total. The predicted molar refractivity (Wildman–Crippen MR) is 106 cm³/mol.